The second-order valence-electron chi connectivity index (χ2n) is 3.59. The Balaban J connectivity index is 0.000000540. The maximum atomic E-state index is 9.75. The number of halogens is 4. The highest BCUT2D eigenvalue weighted by Gasteiger charge is 2.20. The Morgan fingerprint density at radius 1 is 0.909 bits per heavy atom. The number of methoxy groups -OCH3 is 1. The lowest BCUT2D eigenvalue weighted by atomic mass is 10.3. The summed E-state index contributed by atoms with van der Waals surface area (Å²) in [6.07, 6.45) is 0. The molecule has 2 rings (SSSR count). The van der Waals surface area contributed by atoms with Crippen LogP contribution >= 0.6 is 11.8 Å². The van der Waals surface area contributed by atoms with Gasteiger partial charge in [0.25, 0.3) is 0 Å². The molecule has 0 aromatic heterocycles. The molecule has 1 N–H and O–H groups in total. The summed E-state index contributed by atoms with van der Waals surface area (Å²) >= 11 is 1.74. The summed E-state index contributed by atoms with van der Waals surface area (Å²) in [6, 6.07) is 18.4. The SMILES string of the molecule is COc1cccc(Sc2ccccc2)c1.F[B-](F)(F)F.N#[NH+]. The van der Waals surface area contributed by atoms with Gasteiger partial charge in [0, 0.05) is 9.79 Å². The molecule has 0 spiro atoms. The first-order chi connectivity index (χ1) is 10.4. The van der Waals surface area contributed by atoms with Crippen molar-refractivity contribution in [2.45, 2.75) is 9.79 Å². The first-order valence-electron chi connectivity index (χ1n) is 5.85. The molecular formula is C13H13BF4N2OS. The predicted octanol–water partition coefficient (Wildman–Crippen LogP) is 3.43. The summed E-state index contributed by atoms with van der Waals surface area (Å²) in [6.45, 7) is 0. The van der Waals surface area contributed by atoms with Crippen molar-refractivity contribution in [3.63, 3.8) is 0 Å². The molecular weight excluding hydrogens is 319 g/mol. The number of hydrogen-bond donors (Lipinski definition) is 1. The quantitative estimate of drug-likeness (QED) is 0.532. The topological polar surface area (TPSA) is 56.8 Å². The second kappa shape index (κ2) is 10.5. The second-order valence-corrected chi connectivity index (χ2v) is 4.74. The Labute approximate surface area is 129 Å². The summed E-state index contributed by atoms with van der Waals surface area (Å²) in [5.74, 6) is 0.899. The van der Waals surface area contributed by atoms with E-state index in [0.717, 1.165) is 5.75 Å². The van der Waals surface area contributed by atoms with Gasteiger partial charge in [-0.15, -0.1) is 0 Å². The average molecular weight is 332 g/mol. The number of nitrogens with zero attached hydrogens (tertiary/aromatic N) is 1. The van der Waals surface area contributed by atoms with Crippen molar-refractivity contribution in [1.82, 2.24) is 0 Å². The minimum absolute atomic E-state index is 0.899. The molecule has 2 aromatic carbocycles. The van der Waals surface area contributed by atoms with Crippen LogP contribution in [0.5, 0.6) is 5.75 Å². The van der Waals surface area contributed by atoms with Gasteiger partial charge in [0.2, 0.25) is 5.39 Å². The number of hydrogen-bond acceptors (Lipinski definition) is 3. The van der Waals surface area contributed by atoms with Crippen molar-refractivity contribution in [3.8, 4) is 5.75 Å². The van der Waals surface area contributed by atoms with E-state index in [9.17, 15) is 17.3 Å². The molecule has 0 atom stereocenters. The van der Waals surface area contributed by atoms with Crippen molar-refractivity contribution >= 4 is 19.0 Å². The highest BCUT2D eigenvalue weighted by Crippen LogP contribution is 2.29. The fourth-order valence-corrected chi connectivity index (χ4v) is 2.18. The van der Waals surface area contributed by atoms with Gasteiger partial charge >= 0.3 is 7.25 Å². The van der Waals surface area contributed by atoms with E-state index in [4.69, 9.17) is 15.5 Å². The molecule has 0 fully saturated rings. The summed E-state index contributed by atoms with van der Waals surface area (Å²) in [7, 11) is -4.31. The summed E-state index contributed by atoms with van der Waals surface area (Å²) < 4.78 is 44.2. The molecule has 0 aliphatic carbocycles. The van der Waals surface area contributed by atoms with E-state index >= 15 is 0 Å². The third kappa shape index (κ3) is 10.6. The summed E-state index contributed by atoms with van der Waals surface area (Å²) in [5, 5.41) is 11.0. The van der Waals surface area contributed by atoms with Crippen molar-refractivity contribution < 1.29 is 27.4 Å². The number of nitrogens with one attached hydrogen (secondary N) is 1. The Morgan fingerprint density at radius 3 is 1.91 bits per heavy atom. The minimum atomic E-state index is -6.00. The number of benzene rings is 2. The molecule has 0 unspecified atom stereocenters. The molecule has 0 bridgehead atoms. The van der Waals surface area contributed by atoms with Crippen LogP contribution < -0.4 is 10.1 Å². The molecule has 0 saturated heterocycles. The molecule has 0 heterocycles. The van der Waals surface area contributed by atoms with Crippen LogP contribution in [0.4, 0.5) is 17.3 Å². The van der Waals surface area contributed by atoms with Gasteiger partial charge in [-0.05, 0) is 30.3 Å². The van der Waals surface area contributed by atoms with E-state index in [1.807, 2.05) is 36.4 Å². The van der Waals surface area contributed by atoms with Gasteiger partial charge in [-0.2, -0.15) is 0 Å². The van der Waals surface area contributed by atoms with Crippen molar-refractivity contribution in [2.75, 3.05) is 7.11 Å². The first-order valence-corrected chi connectivity index (χ1v) is 6.67. The molecule has 2 aromatic rings. The normalized spacial score (nSPS) is 9.59. The van der Waals surface area contributed by atoms with Crippen LogP contribution in [-0.4, -0.2) is 14.4 Å². The van der Waals surface area contributed by atoms with E-state index in [-0.39, 0.29) is 0 Å². The third-order valence-corrected chi connectivity index (χ3v) is 3.02. The summed E-state index contributed by atoms with van der Waals surface area (Å²) in [4.78, 5) is 2.44. The Hall–Kier alpha value is -2.21. The maximum absolute atomic E-state index is 9.75. The van der Waals surface area contributed by atoms with Gasteiger partial charge in [-0.25, -0.2) is 0 Å². The average Bonchev–Trinajstić information content (AvgIpc) is 2.49. The molecule has 0 amide bonds. The van der Waals surface area contributed by atoms with E-state index in [1.54, 1.807) is 18.9 Å². The van der Waals surface area contributed by atoms with Crippen molar-refractivity contribution in [1.29, 1.82) is 5.39 Å². The zero-order valence-corrected chi connectivity index (χ0v) is 12.4. The lowest BCUT2D eigenvalue weighted by Gasteiger charge is -2.03. The van der Waals surface area contributed by atoms with E-state index in [0.29, 0.717) is 0 Å². The van der Waals surface area contributed by atoms with Gasteiger partial charge in [0.05, 0.1) is 12.5 Å². The van der Waals surface area contributed by atoms with Gasteiger partial charge in [-0.1, -0.05) is 36.0 Å². The smallest absolute Gasteiger partial charge is 0.497 e. The molecule has 22 heavy (non-hydrogen) atoms. The van der Waals surface area contributed by atoms with Crippen LogP contribution in [0.2, 0.25) is 0 Å². The van der Waals surface area contributed by atoms with Crippen LogP contribution in [0.1, 0.15) is 0 Å². The number of diazo groups is 1. The molecule has 3 nitrogen and oxygen atoms in total. The van der Waals surface area contributed by atoms with Crippen LogP contribution in [0.15, 0.2) is 64.4 Å². The lowest BCUT2D eigenvalue weighted by molar-refractivity contribution is -0.175. The molecule has 0 aliphatic rings. The minimum Gasteiger partial charge on any atom is -0.497 e. The number of ether oxygens (including phenoxy) is 1. The number of rotatable bonds is 3. The van der Waals surface area contributed by atoms with Crippen LogP contribution in [-0.2, 0) is 0 Å². The fraction of sp³-hybridized carbons (Fsp3) is 0.0769. The molecule has 0 aliphatic heterocycles. The molecule has 0 radical (unpaired) electrons. The Kier molecular flexibility index (Phi) is 9.46. The molecule has 0 saturated carbocycles. The van der Waals surface area contributed by atoms with Crippen LogP contribution in [0.25, 0.3) is 0 Å². The van der Waals surface area contributed by atoms with Crippen LogP contribution in [0.3, 0.4) is 0 Å². The lowest BCUT2D eigenvalue weighted by Crippen LogP contribution is -2.11. The molecule has 118 valence electrons. The highest BCUT2D eigenvalue weighted by molar-refractivity contribution is 7.99. The Bertz CT molecular complexity index is 561. The first kappa shape index (κ1) is 19.8. The zero-order valence-electron chi connectivity index (χ0n) is 11.5. The van der Waals surface area contributed by atoms with Gasteiger partial charge in [-0.3, -0.25) is 0 Å². The van der Waals surface area contributed by atoms with E-state index < -0.39 is 7.25 Å². The van der Waals surface area contributed by atoms with Gasteiger partial charge in [0.15, 0.2) is 0 Å². The fourth-order valence-electron chi connectivity index (χ4n) is 1.29. The van der Waals surface area contributed by atoms with Gasteiger partial charge in [0.1, 0.15) is 5.75 Å². The third-order valence-electron chi connectivity index (χ3n) is 2.02. The van der Waals surface area contributed by atoms with E-state index in [1.165, 1.54) is 9.79 Å². The van der Waals surface area contributed by atoms with Crippen molar-refractivity contribution in [2.24, 2.45) is 0 Å². The van der Waals surface area contributed by atoms with E-state index in [2.05, 4.69) is 18.2 Å². The zero-order chi connectivity index (χ0) is 17.0. The Morgan fingerprint density at radius 2 is 1.41 bits per heavy atom. The summed E-state index contributed by atoms with van der Waals surface area (Å²) in [5.41, 5.74) is 0. The molecule has 9 heteroatoms. The predicted molar refractivity (Wildman–Crippen MR) is 76.4 cm³/mol. The standard InChI is InChI=1S/C13H12OS.BF4.N2/c1-14-11-6-5-9-13(10-11)15-12-7-3-2-4-8-12;2-1(3,4)5;1-2/h2-10H,1H3;;/q;-1;/p+1. The largest absolute Gasteiger partial charge is 0.673 e. The van der Waals surface area contributed by atoms with Crippen LogP contribution in [0, 0.1) is 5.39 Å². The monoisotopic (exact) mass is 332 g/mol. The maximum Gasteiger partial charge on any atom is 0.673 e. The highest BCUT2D eigenvalue weighted by atomic mass is 32.2. The van der Waals surface area contributed by atoms with Gasteiger partial charge < -0.3 is 22.0 Å². The van der Waals surface area contributed by atoms with Crippen molar-refractivity contribution in [3.05, 3.63) is 54.6 Å².